The van der Waals surface area contributed by atoms with Gasteiger partial charge in [-0.25, -0.2) is 0 Å². The number of anilines is 1. The van der Waals surface area contributed by atoms with Gasteiger partial charge in [-0.2, -0.15) is 0 Å². The maximum Gasteiger partial charge on any atom is 0.573 e. The minimum atomic E-state index is -4.70. The molecule has 0 aliphatic carbocycles. The Labute approximate surface area is 149 Å². The zero-order chi connectivity index (χ0) is 16.0. The number of ether oxygens (including phenoxy) is 2. The van der Waals surface area contributed by atoms with Crippen LogP contribution in [0.2, 0.25) is 0 Å². The fourth-order valence-electron chi connectivity index (χ4n) is 2.13. The van der Waals surface area contributed by atoms with Gasteiger partial charge in [-0.15, -0.1) is 37.1 Å². The van der Waals surface area contributed by atoms with Crippen molar-refractivity contribution in [1.29, 1.82) is 0 Å². The molecule has 130 valence electrons. The van der Waals surface area contributed by atoms with Crippen molar-refractivity contribution in [2.45, 2.75) is 31.7 Å². The van der Waals surface area contributed by atoms with Crippen molar-refractivity contribution in [2.75, 3.05) is 18.5 Å². The lowest BCUT2D eigenvalue weighted by Gasteiger charge is -2.10. The Morgan fingerprint density at radius 2 is 2.04 bits per heavy atom. The summed E-state index contributed by atoms with van der Waals surface area (Å²) in [5, 5.41) is 2.81. The predicted octanol–water partition coefficient (Wildman–Crippen LogP) is 3.50. The normalized spacial score (nSPS) is 18.4. The lowest BCUT2D eigenvalue weighted by Crippen LogP contribution is -2.23. The Kier molecular flexibility index (Phi) is 7.89. The molecule has 1 aliphatic rings. The molecule has 1 aliphatic heterocycles. The predicted molar refractivity (Wildman–Crippen MR) is 92.2 cm³/mol. The van der Waals surface area contributed by atoms with Crippen LogP contribution in [0.5, 0.6) is 5.75 Å². The fourth-order valence-corrected chi connectivity index (χ4v) is 2.13. The first kappa shape index (κ1) is 19.8. The van der Waals surface area contributed by atoms with E-state index < -0.39 is 6.36 Å². The van der Waals surface area contributed by atoms with E-state index >= 15 is 0 Å². The second kappa shape index (κ2) is 9.16. The SMILES string of the molecule is I.NC(=NCCC1CCCO1)Nc1ccc(OC(F)(F)F)cc1. The maximum absolute atomic E-state index is 12.0. The van der Waals surface area contributed by atoms with E-state index in [1.165, 1.54) is 24.3 Å². The summed E-state index contributed by atoms with van der Waals surface area (Å²) in [6.45, 7) is 1.34. The first-order valence-corrected chi connectivity index (χ1v) is 6.97. The van der Waals surface area contributed by atoms with Crippen molar-refractivity contribution < 1.29 is 22.6 Å². The van der Waals surface area contributed by atoms with Crippen LogP contribution in [0.3, 0.4) is 0 Å². The van der Waals surface area contributed by atoms with E-state index in [2.05, 4.69) is 15.0 Å². The standard InChI is InChI=1S/C14H18F3N3O2.HI/c15-14(16,17)22-12-5-3-10(4-6-12)20-13(18)19-8-7-11-2-1-9-21-11;/h3-6,11H,1-2,7-9H2,(H3,18,19,20);1H. The van der Waals surface area contributed by atoms with Crippen molar-refractivity contribution >= 4 is 35.6 Å². The molecule has 1 aromatic carbocycles. The van der Waals surface area contributed by atoms with E-state index in [-0.39, 0.29) is 41.8 Å². The zero-order valence-corrected chi connectivity index (χ0v) is 14.6. The highest BCUT2D eigenvalue weighted by atomic mass is 127. The highest BCUT2D eigenvalue weighted by Gasteiger charge is 2.30. The van der Waals surface area contributed by atoms with Gasteiger partial charge in [0, 0.05) is 18.8 Å². The van der Waals surface area contributed by atoms with Gasteiger partial charge in [0.15, 0.2) is 5.96 Å². The minimum absolute atomic E-state index is 0. The highest BCUT2D eigenvalue weighted by Crippen LogP contribution is 2.23. The third-order valence-electron chi connectivity index (χ3n) is 3.12. The summed E-state index contributed by atoms with van der Waals surface area (Å²) in [4.78, 5) is 4.16. The number of nitrogens with two attached hydrogens (primary N) is 1. The molecule has 1 fully saturated rings. The fraction of sp³-hybridized carbons (Fsp3) is 0.500. The van der Waals surface area contributed by atoms with Crippen molar-refractivity contribution in [3.63, 3.8) is 0 Å². The number of rotatable bonds is 5. The number of nitrogens with one attached hydrogen (secondary N) is 1. The molecule has 0 radical (unpaired) electrons. The molecule has 0 bridgehead atoms. The Morgan fingerprint density at radius 1 is 1.35 bits per heavy atom. The summed E-state index contributed by atoms with van der Waals surface area (Å²) in [5.41, 5.74) is 6.25. The number of alkyl halides is 3. The van der Waals surface area contributed by atoms with Gasteiger partial charge in [-0.05, 0) is 43.5 Å². The maximum atomic E-state index is 12.0. The molecule has 0 aromatic heterocycles. The average molecular weight is 445 g/mol. The second-order valence-electron chi connectivity index (χ2n) is 4.89. The Morgan fingerprint density at radius 3 is 2.61 bits per heavy atom. The molecule has 0 saturated carbocycles. The molecule has 5 nitrogen and oxygen atoms in total. The van der Waals surface area contributed by atoms with E-state index in [1.807, 2.05) is 0 Å². The Bertz CT molecular complexity index is 503. The second-order valence-corrected chi connectivity index (χ2v) is 4.89. The quantitative estimate of drug-likeness (QED) is 0.414. The van der Waals surface area contributed by atoms with Crippen LogP contribution in [-0.2, 0) is 4.74 Å². The van der Waals surface area contributed by atoms with E-state index in [9.17, 15) is 13.2 Å². The summed E-state index contributed by atoms with van der Waals surface area (Å²) < 4.78 is 45.3. The first-order valence-electron chi connectivity index (χ1n) is 6.97. The van der Waals surface area contributed by atoms with Crippen LogP contribution in [0.4, 0.5) is 18.9 Å². The smallest absolute Gasteiger partial charge is 0.406 e. The first-order chi connectivity index (χ1) is 10.4. The third-order valence-corrected chi connectivity index (χ3v) is 3.12. The van der Waals surface area contributed by atoms with Crippen LogP contribution < -0.4 is 15.8 Å². The number of hydrogen-bond acceptors (Lipinski definition) is 3. The van der Waals surface area contributed by atoms with Gasteiger partial charge in [0.25, 0.3) is 0 Å². The Balaban J connectivity index is 0.00000264. The van der Waals surface area contributed by atoms with Crippen LogP contribution in [0.15, 0.2) is 29.3 Å². The molecule has 1 atom stereocenters. The zero-order valence-electron chi connectivity index (χ0n) is 12.3. The molecule has 1 heterocycles. The summed E-state index contributed by atoms with van der Waals surface area (Å²) in [7, 11) is 0. The molecule has 3 N–H and O–H groups in total. The van der Waals surface area contributed by atoms with Gasteiger partial charge in [0.05, 0.1) is 6.10 Å². The molecule has 2 rings (SSSR count). The van der Waals surface area contributed by atoms with Gasteiger partial charge in [-0.3, -0.25) is 4.99 Å². The number of aliphatic imine (C=N–C) groups is 1. The molecule has 0 spiro atoms. The molecule has 23 heavy (non-hydrogen) atoms. The van der Waals surface area contributed by atoms with E-state index in [0.717, 1.165) is 25.9 Å². The molecule has 9 heteroatoms. The van der Waals surface area contributed by atoms with Gasteiger partial charge in [-0.1, -0.05) is 0 Å². The summed E-state index contributed by atoms with van der Waals surface area (Å²) in [6.07, 6.45) is -1.52. The van der Waals surface area contributed by atoms with Gasteiger partial charge in [0.2, 0.25) is 0 Å². The number of halogens is 4. The van der Waals surface area contributed by atoms with E-state index in [4.69, 9.17) is 10.5 Å². The van der Waals surface area contributed by atoms with Crippen LogP contribution in [0, 0.1) is 0 Å². The molecular formula is C14H19F3IN3O2. The van der Waals surface area contributed by atoms with Crippen LogP contribution in [0.1, 0.15) is 19.3 Å². The lowest BCUT2D eigenvalue weighted by atomic mass is 10.2. The Hall–Kier alpha value is -1.23. The summed E-state index contributed by atoms with van der Waals surface area (Å²) >= 11 is 0. The number of hydrogen-bond donors (Lipinski definition) is 2. The summed E-state index contributed by atoms with van der Waals surface area (Å²) in [6, 6.07) is 5.28. The highest BCUT2D eigenvalue weighted by molar-refractivity contribution is 14.0. The molecule has 1 saturated heterocycles. The van der Waals surface area contributed by atoms with E-state index in [0.29, 0.717) is 12.2 Å². The van der Waals surface area contributed by atoms with Crippen LogP contribution in [-0.4, -0.2) is 31.6 Å². The van der Waals surface area contributed by atoms with Crippen molar-refractivity contribution in [3.8, 4) is 5.75 Å². The monoisotopic (exact) mass is 445 g/mol. The van der Waals surface area contributed by atoms with Crippen molar-refractivity contribution in [2.24, 2.45) is 10.7 Å². The molecule has 1 aromatic rings. The largest absolute Gasteiger partial charge is 0.573 e. The van der Waals surface area contributed by atoms with Gasteiger partial charge in [0.1, 0.15) is 5.75 Å². The van der Waals surface area contributed by atoms with Gasteiger partial charge < -0.3 is 20.5 Å². The van der Waals surface area contributed by atoms with E-state index in [1.54, 1.807) is 0 Å². The van der Waals surface area contributed by atoms with Crippen molar-refractivity contribution in [3.05, 3.63) is 24.3 Å². The van der Waals surface area contributed by atoms with Gasteiger partial charge >= 0.3 is 6.36 Å². The average Bonchev–Trinajstić information content (AvgIpc) is 2.92. The number of nitrogens with zero attached hydrogens (tertiary/aromatic N) is 1. The number of guanidine groups is 1. The third kappa shape index (κ3) is 7.73. The van der Waals surface area contributed by atoms with Crippen LogP contribution >= 0.6 is 24.0 Å². The molecule has 0 amide bonds. The van der Waals surface area contributed by atoms with Crippen LogP contribution in [0.25, 0.3) is 0 Å². The number of benzene rings is 1. The molecular weight excluding hydrogens is 426 g/mol. The minimum Gasteiger partial charge on any atom is -0.406 e. The lowest BCUT2D eigenvalue weighted by molar-refractivity contribution is -0.274. The molecule has 1 unspecified atom stereocenters. The van der Waals surface area contributed by atoms with Crippen molar-refractivity contribution in [1.82, 2.24) is 0 Å². The summed E-state index contributed by atoms with van der Waals surface area (Å²) in [5.74, 6) is -0.0746. The topological polar surface area (TPSA) is 68.9 Å².